The van der Waals surface area contributed by atoms with Crippen molar-refractivity contribution in [2.75, 3.05) is 11.5 Å². The topological polar surface area (TPSA) is 109 Å². The summed E-state index contributed by atoms with van der Waals surface area (Å²) >= 11 is 0. The van der Waals surface area contributed by atoms with Gasteiger partial charge in [0.15, 0.2) is 0 Å². The molecule has 1 aliphatic heterocycles. The molecule has 5 rings (SSSR count). The number of imidazole rings is 1. The second kappa shape index (κ2) is 8.75. The lowest BCUT2D eigenvalue weighted by molar-refractivity contribution is -0.132. The van der Waals surface area contributed by atoms with E-state index < -0.39 is 23.5 Å². The number of aromatic nitrogens is 2. The zero-order chi connectivity index (χ0) is 24.7. The van der Waals surface area contributed by atoms with E-state index in [2.05, 4.69) is 9.97 Å². The van der Waals surface area contributed by atoms with Crippen molar-refractivity contribution < 1.29 is 28.2 Å². The van der Waals surface area contributed by atoms with Gasteiger partial charge in [-0.25, -0.2) is 9.37 Å². The summed E-state index contributed by atoms with van der Waals surface area (Å²) in [7, 11) is 0. The predicted molar refractivity (Wildman–Crippen MR) is 126 cm³/mol. The Kier molecular flexibility index (Phi) is 5.60. The van der Waals surface area contributed by atoms with Crippen molar-refractivity contribution in [3.05, 3.63) is 83.6 Å². The van der Waals surface area contributed by atoms with Gasteiger partial charge in [-0.15, -0.1) is 0 Å². The standard InChI is InChI=1S/C26H22FN3O5/c1-14(2)13-35-17-8-5-15(6-9-17)23(31)21-22(20-4-3-11-34-20)30(25(33)24(21)32)26-28-18-10-7-16(27)12-19(18)29-26/h3-12,14,22,31H,13H2,1-2H3,(H,28,29)/b23-21+. The highest BCUT2D eigenvalue weighted by Crippen LogP contribution is 2.42. The largest absolute Gasteiger partial charge is 0.507 e. The summed E-state index contributed by atoms with van der Waals surface area (Å²) in [6, 6.07) is 12.7. The number of nitrogens with one attached hydrogen (secondary N) is 1. The van der Waals surface area contributed by atoms with Gasteiger partial charge in [0.1, 0.15) is 29.1 Å². The maximum atomic E-state index is 13.7. The van der Waals surface area contributed by atoms with Crippen molar-refractivity contribution in [3.8, 4) is 5.75 Å². The Morgan fingerprint density at radius 3 is 2.66 bits per heavy atom. The number of H-pyrrole nitrogens is 1. The molecule has 178 valence electrons. The average Bonchev–Trinajstić information content (AvgIpc) is 3.56. The second-order valence-corrected chi connectivity index (χ2v) is 8.64. The molecule has 1 unspecified atom stereocenters. The van der Waals surface area contributed by atoms with Gasteiger partial charge in [0.2, 0.25) is 5.95 Å². The molecule has 2 aromatic carbocycles. The van der Waals surface area contributed by atoms with Gasteiger partial charge >= 0.3 is 5.91 Å². The van der Waals surface area contributed by atoms with Crippen molar-refractivity contribution in [2.24, 2.45) is 5.92 Å². The Labute approximate surface area is 199 Å². The zero-order valence-electron chi connectivity index (χ0n) is 19.0. The van der Waals surface area contributed by atoms with E-state index in [4.69, 9.17) is 9.15 Å². The van der Waals surface area contributed by atoms with Gasteiger partial charge in [-0.2, -0.15) is 0 Å². The number of carbonyl (C=O) groups is 2. The molecule has 3 heterocycles. The fraction of sp³-hybridized carbons (Fsp3) is 0.192. The molecule has 0 saturated carbocycles. The Balaban J connectivity index is 1.59. The Hall–Kier alpha value is -4.40. The number of carbonyl (C=O) groups excluding carboxylic acids is 2. The number of benzene rings is 2. The maximum absolute atomic E-state index is 13.7. The van der Waals surface area contributed by atoms with E-state index in [1.54, 1.807) is 36.4 Å². The van der Waals surface area contributed by atoms with Crippen molar-refractivity contribution in [1.82, 2.24) is 9.97 Å². The van der Waals surface area contributed by atoms with Crippen LogP contribution in [0.25, 0.3) is 16.8 Å². The van der Waals surface area contributed by atoms with Crippen LogP contribution in [0.4, 0.5) is 10.3 Å². The third kappa shape index (κ3) is 4.05. The number of ketones is 1. The summed E-state index contributed by atoms with van der Waals surface area (Å²) in [4.78, 5) is 34.7. The number of ether oxygens (including phenoxy) is 1. The minimum absolute atomic E-state index is 0.0329. The van der Waals surface area contributed by atoms with Gasteiger partial charge in [-0.3, -0.25) is 14.5 Å². The minimum Gasteiger partial charge on any atom is -0.507 e. The molecule has 2 aromatic heterocycles. The molecule has 9 heteroatoms. The first-order valence-electron chi connectivity index (χ1n) is 11.1. The zero-order valence-corrected chi connectivity index (χ0v) is 19.0. The summed E-state index contributed by atoms with van der Waals surface area (Å²) in [6.45, 7) is 4.61. The smallest absolute Gasteiger partial charge is 0.302 e. The number of fused-ring (bicyclic) bond motifs is 1. The van der Waals surface area contributed by atoms with Crippen LogP contribution in [0.1, 0.15) is 31.2 Å². The quantitative estimate of drug-likeness (QED) is 0.232. The number of hydrogen-bond donors (Lipinski definition) is 2. The summed E-state index contributed by atoms with van der Waals surface area (Å²) < 4.78 is 24.9. The van der Waals surface area contributed by atoms with Gasteiger partial charge in [0.25, 0.3) is 5.78 Å². The van der Waals surface area contributed by atoms with Gasteiger partial charge in [0.05, 0.1) is 29.5 Å². The van der Waals surface area contributed by atoms with E-state index in [9.17, 15) is 19.1 Å². The Morgan fingerprint density at radius 2 is 1.97 bits per heavy atom. The molecule has 0 spiro atoms. The first kappa shape index (κ1) is 22.4. The predicted octanol–water partition coefficient (Wildman–Crippen LogP) is 4.96. The minimum atomic E-state index is -1.08. The van der Waals surface area contributed by atoms with Gasteiger partial charge in [-0.05, 0) is 60.5 Å². The van der Waals surface area contributed by atoms with Crippen molar-refractivity contribution >= 4 is 34.4 Å². The van der Waals surface area contributed by atoms with Crippen LogP contribution in [0.2, 0.25) is 0 Å². The second-order valence-electron chi connectivity index (χ2n) is 8.64. The van der Waals surface area contributed by atoms with Crippen LogP contribution in [-0.2, 0) is 9.59 Å². The van der Waals surface area contributed by atoms with E-state index >= 15 is 0 Å². The molecule has 1 atom stereocenters. The SMILES string of the molecule is CC(C)COc1ccc(/C(O)=C2\C(=O)C(=O)N(c3nc4ccc(F)cc4[nH]3)C2c2ccco2)cc1. The fourth-order valence-electron chi connectivity index (χ4n) is 3.98. The van der Waals surface area contributed by atoms with E-state index in [-0.39, 0.29) is 23.0 Å². The lowest BCUT2D eigenvalue weighted by Crippen LogP contribution is -2.30. The number of halogens is 1. The van der Waals surface area contributed by atoms with E-state index in [1.807, 2.05) is 13.8 Å². The molecule has 1 aliphatic rings. The molecule has 2 N–H and O–H groups in total. The third-order valence-corrected chi connectivity index (χ3v) is 5.63. The maximum Gasteiger partial charge on any atom is 0.302 e. The molecule has 1 saturated heterocycles. The van der Waals surface area contributed by atoms with Crippen LogP contribution in [-0.4, -0.2) is 33.4 Å². The Bertz CT molecular complexity index is 1440. The van der Waals surface area contributed by atoms with Crippen LogP contribution >= 0.6 is 0 Å². The summed E-state index contributed by atoms with van der Waals surface area (Å²) in [5.74, 6) is -1.36. The molecule has 8 nitrogen and oxygen atoms in total. The van der Waals surface area contributed by atoms with Crippen LogP contribution < -0.4 is 9.64 Å². The fourth-order valence-corrected chi connectivity index (χ4v) is 3.98. The van der Waals surface area contributed by atoms with Crippen LogP contribution in [0.15, 0.2) is 70.9 Å². The number of hydrogen-bond acceptors (Lipinski definition) is 6. The van der Waals surface area contributed by atoms with Crippen molar-refractivity contribution in [1.29, 1.82) is 0 Å². The number of aliphatic hydroxyl groups excluding tert-OH is 1. The molecular formula is C26H22FN3O5. The monoisotopic (exact) mass is 475 g/mol. The molecule has 0 radical (unpaired) electrons. The molecule has 0 bridgehead atoms. The van der Waals surface area contributed by atoms with E-state index in [0.717, 1.165) is 4.90 Å². The lowest BCUT2D eigenvalue weighted by atomic mass is 9.99. The Morgan fingerprint density at radius 1 is 1.20 bits per heavy atom. The average molecular weight is 475 g/mol. The third-order valence-electron chi connectivity index (χ3n) is 5.63. The van der Waals surface area contributed by atoms with Crippen LogP contribution in [0.3, 0.4) is 0 Å². The number of anilines is 1. The van der Waals surface area contributed by atoms with Crippen molar-refractivity contribution in [3.63, 3.8) is 0 Å². The van der Waals surface area contributed by atoms with Crippen LogP contribution in [0, 0.1) is 11.7 Å². The molecule has 0 aliphatic carbocycles. The number of nitrogens with zero attached hydrogens (tertiary/aromatic N) is 2. The van der Waals surface area contributed by atoms with E-state index in [1.165, 1.54) is 24.5 Å². The van der Waals surface area contributed by atoms with Crippen molar-refractivity contribution in [2.45, 2.75) is 19.9 Å². The van der Waals surface area contributed by atoms with Gasteiger partial charge < -0.3 is 19.2 Å². The summed E-state index contributed by atoms with van der Waals surface area (Å²) in [6.07, 6.45) is 1.41. The molecular weight excluding hydrogens is 453 g/mol. The molecule has 1 fully saturated rings. The molecule has 4 aromatic rings. The molecule has 1 amide bonds. The number of amides is 1. The highest BCUT2D eigenvalue weighted by atomic mass is 19.1. The highest BCUT2D eigenvalue weighted by Gasteiger charge is 2.49. The number of Topliss-reactive ketones (excluding diaryl/α,β-unsaturated/α-hetero) is 1. The number of aromatic amines is 1. The van der Waals surface area contributed by atoms with Crippen LogP contribution in [0.5, 0.6) is 5.75 Å². The summed E-state index contributed by atoms with van der Waals surface area (Å²) in [5, 5.41) is 11.1. The first-order valence-corrected chi connectivity index (χ1v) is 11.1. The summed E-state index contributed by atoms with van der Waals surface area (Å²) in [5.41, 5.74) is 0.964. The first-order chi connectivity index (χ1) is 16.8. The van der Waals surface area contributed by atoms with Gasteiger partial charge in [-0.1, -0.05) is 13.8 Å². The number of aliphatic hydroxyl groups is 1. The van der Waals surface area contributed by atoms with Gasteiger partial charge in [0, 0.05) is 5.56 Å². The number of furan rings is 1. The molecule has 35 heavy (non-hydrogen) atoms. The van der Waals surface area contributed by atoms with E-state index in [0.29, 0.717) is 34.9 Å². The number of rotatable bonds is 6. The lowest BCUT2D eigenvalue weighted by Gasteiger charge is -2.20. The highest BCUT2D eigenvalue weighted by molar-refractivity contribution is 6.51. The normalized spacial score (nSPS) is 17.6.